The summed E-state index contributed by atoms with van der Waals surface area (Å²) in [5.74, 6) is 4.97. The Morgan fingerprint density at radius 1 is 1.11 bits per heavy atom. The Kier molecular flexibility index (Phi) is 7.85. The van der Waals surface area contributed by atoms with Gasteiger partial charge in [-0.3, -0.25) is 5.84 Å². The van der Waals surface area contributed by atoms with E-state index in [1.807, 2.05) is 0 Å². The lowest BCUT2D eigenvalue weighted by atomic mass is 10.2. The van der Waals surface area contributed by atoms with E-state index >= 15 is 0 Å². The number of nitrogens with two attached hydrogens (primary N) is 1. The second-order valence-electron chi connectivity index (χ2n) is 2.32. The summed E-state index contributed by atoms with van der Waals surface area (Å²) in [5, 5.41) is 0. The van der Waals surface area contributed by atoms with E-state index in [4.69, 9.17) is 5.84 Å². The molecular formula is C7H17N2. The molecule has 1 radical (unpaired) electrons. The van der Waals surface area contributed by atoms with Gasteiger partial charge in [0.25, 0.3) is 0 Å². The SMILES string of the molecule is CCCCCCC[N]N. The van der Waals surface area contributed by atoms with Gasteiger partial charge in [-0.2, -0.15) is 5.43 Å². The maximum absolute atomic E-state index is 4.97. The molecule has 2 heteroatoms. The van der Waals surface area contributed by atoms with Crippen molar-refractivity contribution < 1.29 is 0 Å². The minimum atomic E-state index is 0.837. The van der Waals surface area contributed by atoms with Crippen molar-refractivity contribution in [2.75, 3.05) is 6.54 Å². The van der Waals surface area contributed by atoms with Crippen LogP contribution in [0.15, 0.2) is 0 Å². The largest absolute Gasteiger partial charge is 0.254 e. The summed E-state index contributed by atoms with van der Waals surface area (Å²) in [5.41, 5.74) is 3.53. The van der Waals surface area contributed by atoms with Crippen molar-refractivity contribution in [3.05, 3.63) is 0 Å². The first-order chi connectivity index (χ1) is 4.41. The van der Waals surface area contributed by atoms with Gasteiger partial charge < -0.3 is 0 Å². The zero-order valence-corrected chi connectivity index (χ0v) is 6.27. The van der Waals surface area contributed by atoms with E-state index in [0.29, 0.717) is 0 Å². The first kappa shape index (κ1) is 8.92. The van der Waals surface area contributed by atoms with Crippen molar-refractivity contribution in [1.82, 2.24) is 5.43 Å². The van der Waals surface area contributed by atoms with E-state index in [2.05, 4.69) is 12.3 Å². The molecule has 0 unspecified atom stereocenters. The molecule has 0 aliphatic rings. The summed E-state index contributed by atoms with van der Waals surface area (Å²) in [6, 6.07) is 0. The average molecular weight is 129 g/mol. The molecule has 2 N–H and O–H groups in total. The second kappa shape index (κ2) is 7.92. The van der Waals surface area contributed by atoms with Crippen LogP contribution in [0.4, 0.5) is 0 Å². The number of unbranched alkanes of at least 4 members (excludes halogenated alkanes) is 4. The van der Waals surface area contributed by atoms with Gasteiger partial charge in [-0.1, -0.05) is 32.6 Å². The smallest absolute Gasteiger partial charge is 0.0301 e. The van der Waals surface area contributed by atoms with E-state index in [0.717, 1.165) is 13.0 Å². The lowest BCUT2D eigenvalue weighted by Crippen LogP contribution is -2.13. The van der Waals surface area contributed by atoms with Gasteiger partial charge in [0, 0.05) is 6.54 Å². The zero-order valence-electron chi connectivity index (χ0n) is 6.27. The number of rotatable bonds is 6. The lowest BCUT2D eigenvalue weighted by molar-refractivity contribution is 0.589. The molecule has 2 nitrogen and oxygen atoms in total. The van der Waals surface area contributed by atoms with Crippen LogP contribution in [-0.2, 0) is 0 Å². The topological polar surface area (TPSA) is 40.1 Å². The molecule has 0 saturated heterocycles. The molecule has 0 saturated carbocycles. The Bertz CT molecular complexity index is 40.2. The molecule has 0 spiro atoms. The molecule has 0 aliphatic carbocycles. The molecule has 0 amide bonds. The molecule has 0 heterocycles. The summed E-state index contributed by atoms with van der Waals surface area (Å²) < 4.78 is 0. The molecule has 0 aromatic rings. The highest BCUT2D eigenvalue weighted by Crippen LogP contribution is 2.00. The molecular weight excluding hydrogens is 112 g/mol. The first-order valence-corrected chi connectivity index (χ1v) is 3.78. The fraction of sp³-hybridized carbons (Fsp3) is 1.00. The predicted molar refractivity (Wildman–Crippen MR) is 39.9 cm³/mol. The van der Waals surface area contributed by atoms with Gasteiger partial charge in [0.15, 0.2) is 0 Å². The highest BCUT2D eigenvalue weighted by molar-refractivity contribution is 4.42. The van der Waals surface area contributed by atoms with E-state index in [1.54, 1.807) is 0 Å². The number of nitrogens with zero attached hydrogens (tertiary/aromatic N) is 1. The van der Waals surface area contributed by atoms with Crippen molar-refractivity contribution in [2.45, 2.75) is 39.0 Å². The summed E-state index contributed by atoms with van der Waals surface area (Å²) >= 11 is 0. The second-order valence-corrected chi connectivity index (χ2v) is 2.32. The van der Waals surface area contributed by atoms with Gasteiger partial charge in [0.2, 0.25) is 0 Å². The molecule has 55 valence electrons. The highest BCUT2D eigenvalue weighted by atomic mass is 15.2. The van der Waals surface area contributed by atoms with Crippen LogP contribution in [0.3, 0.4) is 0 Å². The third-order valence-electron chi connectivity index (χ3n) is 1.39. The van der Waals surface area contributed by atoms with Crippen LogP contribution in [0, 0.1) is 0 Å². The third kappa shape index (κ3) is 7.92. The Labute approximate surface area is 57.8 Å². The van der Waals surface area contributed by atoms with E-state index < -0.39 is 0 Å². The van der Waals surface area contributed by atoms with E-state index in [9.17, 15) is 0 Å². The predicted octanol–water partition coefficient (Wildman–Crippen LogP) is 1.43. The average Bonchev–Trinajstić information content (AvgIpc) is 1.89. The van der Waals surface area contributed by atoms with Gasteiger partial charge >= 0.3 is 0 Å². The number of hydrogen-bond donors (Lipinski definition) is 1. The maximum Gasteiger partial charge on any atom is 0.0301 e. The molecule has 0 bridgehead atoms. The zero-order chi connectivity index (χ0) is 6.95. The molecule has 0 aliphatic heterocycles. The standard InChI is InChI=1S/C7H17N2/c1-2-3-4-5-6-7-9-8/h2-8H2,1H3. The van der Waals surface area contributed by atoms with Crippen molar-refractivity contribution in [1.29, 1.82) is 0 Å². The Morgan fingerprint density at radius 2 is 1.78 bits per heavy atom. The Balaban J connectivity index is 2.60. The Hall–Kier alpha value is -0.0800. The van der Waals surface area contributed by atoms with Gasteiger partial charge in [-0.15, -0.1) is 0 Å². The van der Waals surface area contributed by atoms with Crippen molar-refractivity contribution in [2.24, 2.45) is 5.84 Å². The van der Waals surface area contributed by atoms with Crippen molar-refractivity contribution in [3.8, 4) is 0 Å². The maximum atomic E-state index is 4.97. The quantitative estimate of drug-likeness (QED) is 0.329. The Morgan fingerprint density at radius 3 is 2.33 bits per heavy atom. The van der Waals surface area contributed by atoms with Gasteiger partial charge in [0.1, 0.15) is 0 Å². The number of hydrogen-bond acceptors (Lipinski definition) is 1. The molecule has 0 fully saturated rings. The molecule has 9 heavy (non-hydrogen) atoms. The fourth-order valence-electron chi connectivity index (χ4n) is 0.807. The van der Waals surface area contributed by atoms with Crippen molar-refractivity contribution >= 4 is 0 Å². The van der Waals surface area contributed by atoms with E-state index in [-0.39, 0.29) is 0 Å². The van der Waals surface area contributed by atoms with Crippen LogP contribution in [-0.4, -0.2) is 6.54 Å². The molecule has 0 atom stereocenters. The minimum absolute atomic E-state index is 0.837. The van der Waals surface area contributed by atoms with Crippen LogP contribution in [0.5, 0.6) is 0 Å². The highest BCUT2D eigenvalue weighted by Gasteiger charge is 1.86. The van der Waals surface area contributed by atoms with E-state index in [1.165, 1.54) is 25.7 Å². The summed E-state index contributed by atoms with van der Waals surface area (Å²) in [7, 11) is 0. The first-order valence-electron chi connectivity index (χ1n) is 3.78. The molecule has 0 rings (SSSR count). The van der Waals surface area contributed by atoms with Gasteiger partial charge in [-0.05, 0) is 6.42 Å². The van der Waals surface area contributed by atoms with Crippen LogP contribution < -0.4 is 11.3 Å². The van der Waals surface area contributed by atoms with Crippen LogP contribution >= 0.6 is 0 Å². The normalized spacial score (nSPS) is 10.0. The summed E-state index contributed by atoms with van der Waals surface area (Å²) in [4.78, 5) is 0. The van der Waals surface area contributed by atoms with Gasteiger partial charge in [-0.25, -0.2) is 0 Å². The van der Waals surface area contributed by atoms with Crippen LogP contribution in [0.1, 0.15) is 39.0 Å². The van der Waals surface area contributed by atoms with Crippen LogP contribution in [0.2, 0.25) is 0 Å². The fourth-order valence-corrected chi connectivity index (χ4v) is 0.807. The van der Waals surface area contributed by atoms with Crippen LogP contribution in [0.25, 0.3) is 0 Å². The van der Waals surface area contributed by atoms with Crippen molar-refractivity contribution in [3.63, 3.8) is 0 Å². The lowest BCUT2D eigenvalue weighted by Gasteiger charge is -1.95. The minimum Gasteiger partial charge on any atom is -0.254 e. The third-order valence-corrected chi connectivity index (χ3v) is 1.39. The monoisotopic (exact) mass is 129 g/mol. The summed E-state index contributed by atoms with van der Waals surface area (Å²) in [6.07, 6.45) is 6.45. The molecule has 0 aromatic carbocycles. The molecule has 0 aromatic heterocycles. The summed E-state index contributed by atoms with van der Waals surface area (Å²) in [6.45, 7) is 3.05. The van der Waals surface area contributed by atoms with Gasteiger partial charge in [0.05, 0.1) is 0 Å².